The maximum absolute atomic E-state index is 5.52. The fourth-order valence-electron chi connectivity index (χ4n) is 3.96. The maximum Gasteiger partial charge on any atom is 0.191 e. The van der Waals surface area contributed by atoms with Crippen LogP contribution < -0.4 is 20.3 Å². The van der Waals surface area contributed by atoms with E-state index in [9.17, 15) is 0 Å². The number of nitrogens with one attached hydrogen (secondary N) is 2. The van der Waals surface area contributed by atoms with Gasteiger partial charge in [-0.25, -0.2) is 0 Å². The van der Waals surface area contributed by atoms with Crippen LogP contribution in [0.4, 0.5) is 5.69 Å². The third-order valence-corrected chi connectivity index (χ3v) is 5.73. The van der Waals surface area contributed by atoms with Crippen LogP contribution in [0, 0.1) is 0 Å². The maximum atomic E-state index is 5.52. The second-order valence-electron chi connectivity index (χ2n) is 8.09. The number of methoxy groups -OCH3 is 1. The van der Waals surface area contributed by atoms with Crippen molar-refractivity contribution >= 4 is 35.6 Å². The normalized spacial score (nSPS) is 20.9. The van der Waals surface area contributed by atoms with Crippen LogP contribution in [0.15, 0.2) is 29.3 Å². The zero-order valence-corrected chi connectivity index (χ0v) is 20.4. The van der Waals surface area contributed by atoms with E-state index in [2.05, 4.69) is 51.4 Å². The number of morpholine rings is 1. The standard InChI is InChI=1S/C21H35N5O2.HI/c1-21(2,26-11-13-28-14-12-26)16-23-20(22-3)24-17-9-10-25(15-17)18-7-5-6-8-19(18)27-4;/h5-8,17H,9-16H2,1-4H3,(H2,22,23,24);1H. The zero-order valence-electron chi connectivity index (χ0n) is 18.1. The van der Waals surface area contributed by atoms with E-state index in [0.717, 1.165) is 69.8 Å². The Morgan fingerprint density at radius 3 is 2.66 bits per heavy atom. The molecule has 1 atom stereocenters. The predicted octanol–water partition coefficient (Wildman–Crippen LogP) is 2.17. The first kappa shape index (κ1) is 24.0. The molecular weight excluding hydrogens is 481 g/mol. The molecule has 2 N–H and O–H groups in total. The van der Waals surface area contributed by atoms with Crippen LogP contribution in [0.2, 0.25) is 0 Å². The van der Waals surface area contributed by atoms with E-state index in [1.807, 2.05) is 19.2 Å². The van der Waals surface area contributed by atoms with E-state index in [0.29, 0.717) is 6.04 Å². The molecule has 0 saturated carbocycles. The Balaban J connectivity index is 0.00000300. The van der Waals surface area contributed by atoms with Crippen LogP contribution in [-0.2, 0) is 4.74 Å². The monoisotopic (exact) mass is 517 g/mol. The predicted molar refractivity (Wildman–Crippen MR) is 130 cm³/mol. The van der Waals surface area contributed by atoms with E-state index in [1.165, 1.54) is 0 Å². The molecule has 2 saturated heterocycles. The number of halogens is 1. The number of guanidine groups is 1. The van der Waals surface area contributed by atoms with Gasteiger partial charge in [0.05, 0.1) is 26.0 Å². The van der Waals surface area contributed by atoms with E-state index in [-0.39, 0.29) is 29.5 Å². The summed E-state index contributed by atoms with van der Waals surface area (Å²) in [7, 11) is 3.57. The van der Waals surface area contributed by atoms with Crippen molar-refractivity contribution < 1.29 is 9.47 Å². The Labute approximate surface area is 192 Å². The van der Waals surface area contributed by atoms with Crippen molar-refractivity contribution in [3.8, 4) is 5.75 Å². The summed E-state index contributed by atoms with van der Waals surface area (Å²) in [5.74, 6) is 1.80. The molecule has 1 unspecified atom stereocenters. The molecule has 0 bridgehead atoms. The second kappa shape index (κ2) is 11.2. The highest BCUT2D eigenvalue weighted by molar-refractivity contribution is 14.0. The smallest absolute Gasteiger partial charge is 0.191 e. The van der Waals surface area contributed by atoms with Crippen molar-refractivity contribution in [2.75, 3.05) is 65.0 Å². The number of anilines is 1. The highest BCUT2D eigenvalue weighted by Crippen LogP contribution is 2.30. The van der Waals surface area contributed by atoms with Gasteiger partial charge >= 0.3 is 0 Å². The van der Waals surface area contributed by atoms with Gasteiger partial charge in [-0.05, 0) is 32.4 Å². The third-order valence-electron chi connectivity index (χ3n) is 5.73. The van der Waals surface area contributed by atoms with E-state index in [1.54, 1.807) is 7.11 Å². The molecule has 0 aromatic heterocycles. The minimum Gasteiger partial charge on any atom is -0.495 e. The number of hydrogen-bond donors (Lipinski definition) is 2. The van der Waals surface area contributed by atoms with E-state index in [4.69, 9.17) is 9.47 Å². The molecule has 0 radical (unpaired) electrons. The average Bonchev–Trinajstić information content (AvgIpc) is 3.20. The van der Waals surface area contributed by atoms with Gasteiger partial charge in [-0.1, -0.05) is 12.1 Å². The summed E-state index contributed by atoms with van der Waals surface area (Å²) in [6.45, 7) is 10.9. The van der Waals surface area contributed by atoms with Crippen LogP contribution in [-0.4, -0.2) is 82.5 Å². The Morgan fingerprint density at radius 1 is 1.24 bits per heavy atom. The molecule has 2 aliphatic heterocycles. The summed E-state index contributed by atoms with van der Waals surface area (Å²) >= 11 is 0. The number of nitrogens with zero attached hydrogens (tertiary/aromatic N) is 3. The average molecular weight is 517 g/mol. The topological polar surface area (TPSA) is 61.4 Å². The number of benzene rings is 1. The van der Waals surface area contributed by atoms with Gasteiger partial charge in [-0.15, -0.1) is 24.0 Å². The summed E-state index contributed by atoms with van der Waals surface area (Å²) in [6.07, 6.45) is 1.08. The highest BCUT2D eigenvalue weighted by Gasteiger charge is 2.29. The van der Waals surface area contributed by atoms with Gasteiger partial charge in [0.25, 0.3) is 0 Å². The van der Waals surface area contributed by atoms with Gasteiger partial charge < -0.3 is 25.0 Å². The van der Waals surface area contributed by atoms with Crippen LogP contribution >= 0.6 is 24.0 Å². The van der Waals surface area contributed by atoms with Crippen molar-refractivity contribution in [3.63, 3.8) is 0 Å². The van der Waals surface area contributed by atoms with Crippen LogP contribution in [0.25, 0.3) is 0 Å². The van der Waals surface area contributed by atoms with Gasteiger partial charge in [-0.2, -0.15) is 0 Å². The molecule has 164 valence electrons. The first-order valence-electron chi connectivity index (χ1n) is 10.2. The van der Waals surface area contributed by atoms with Gasteiger partial charge in [0, 0.05) is 51.4 Å². The molecule has 8 heteroatoms. The van der Waals surface area contributed by atoms with Crippen molar-refractivity contribution in [2.45, 2.75) is 31.8 Å². The summed E-state index contributed by atoms with van der Waals surface area (Å²) < 4.78 is 11.0. The fourth-order valence-corrected chi connectivity index (χ4v) is 3.96. The number of aliphatic imine (C=N–C) groups is 1. The first-order chi connectivity index (χ1) is 13.5. The van der Waals surface area contributed by atoms with Crippen LogP contribution in [0.3, 0.4) is 0 Å². The van der Waals surface area contributed by atoms with Crippen molar-refractivity contribution in [3.05, 3.63) is 24.3 Å². The lowest BCUT2D eigenvalue weighted by Gasteiger charge is -2.41. The molecule has 2 fully saturated rings. The molecule has 1 aromatic carbocycles. The summed E-state index contributed by atoms with van der Waals surface area (Å²) in [5.41, 5.74) is 1.21. The van der Waals surface area contributed by atoms with Crippen molar-refractivity contribution in [1.29, 1.82) is 0 Å². The molecule has 2 aliphatic rings. The third kappa shape index (κ3) is 6.36. The Hall–Kier alpha value is -1.26. The minimum atomic E-state index is 0. The molecule has 0 aliphatic carbocycles. The molecule has 29 heavy (non-hydrogen) atoms. The quantitative estimate of drug-likeness (QED) is 0.343. The second-order valence-corrected chi connectivity index (χ2v) is 8.09. The largest absolute Gasteiger partial charge is 0.495 e. The fraction of sp³-hybridized carbons (Fsp3) is 0.667. The molecule has 1 aromatic rings. The van der Waals surface area contributed by atoms with Gasteiger partial charge in [0.15, 0.2) is 5.96 Å². The molecule has 0 amide bonds. The lowest BCUT2D eigenvalue weighted by molar-refractivity contribution is -0.00834. The van der Waals surface area contributed by atoms with Crippen molar-refractivity contribution in [2.24, 2.45) is 4.99 Å². The summed E-state index contributed by atoms with van der Waals surface area (Å²) in [5, 5.41) is 7.12. The molecule has 7 nitrogen and oxygen atoms in total. The first-order valence-corrected chi connectivity index (χ1v) is 10.2. The van der Waals surface area contributed by atoms with Crippen LogP contribution in [0.5, 0.6) is 5.75 Å². The SMILES string of the molecule is CN=C(NCC(C)(C)N1CCOCC1)NC1CCN(c2ccccc2OC)C1.I. The van der Waals surface area contributed by atoms with Gasteiger partial charge in [-0.3, -0.25) is 9.89 Å². The molecule has 2 heterocycles. The summed E-state index contributed by atoms with van der Waals surface area (Å²) in [6, 6.07) is 8.58. The van der Waals surface area contributed by atoms with Gasteiger partial charge in [0.1, 0.15) is 5.75 Å². The lowest BCUT2D eigenvalue weighted by atomic mass is 10.0. The van der Waals surface area contributed by atoms with Crippen molar-refractivity contribution in [1.82, 2.24) is 15.5 Å². The number of para-hydroxylation sites is 2. The highest BCUT2D eigenvalue weighted by atomic mass is 127. The number of ether oxygens (including phenoxy) is 2. The molecule has 0 spiro atoms. The number of hydrogen-bond acceptors (Lipinski definition) is 5. The molecule has 3 rings (SSSR count). The summed E-state index contributed by atoms with van der Waals surface area (Å²) in [4.78, 5) is 9.30. The Kier molecular flexibility index (Phi) is 9.29. The zero-order chi connectivity index (χ0) is 20.0. The Morgan fingerprint density at radius 2 is 1.97 bits per heavy atom. The van der Waals surface area contributed by atoms with E-state index >= 15 is 0 Å². The molecular formula is C21H36IN5O2. The van der Waals surface area contributed by atoms with Crippen LogP contribution in [0.1, 0.15) is 20.3 Å². The van der Waals surface area contributed by atoms with E-state index < -0.39 is 0 Å². The minimum absolute atomic E-state index is 0. The number of rotatable bonds is 6. The van der Waals surface area contributed by atoms with Gasteiger partial charge in [0.2, 0.25) is 0 Å². The lowest BCUT2D eigenvalue weighted by Crippen LogP contribution is -2.57. The Bertz CT molecular complexity index is 664.